The fourth-order valence-electron chi connectivity index (χ4n) is 1.87. The number of rotatable bonds is 4. The van der Waals surface area contributed by atoms with E-state index in [9.17, 15) is 4.79 Å². The first-order valence-electron chi connectivity index (χ1n) is 6.25. The molecule has 100 valence electrons. The van der Waals surface area contributed by atoms with Crippen LogP contribution in [0, 0.1) is 6.92 Å². The second-order valence-electron chi connectivity index (χ2n) is 4.57. The Morgan fingerprint density at radius 1 is 1.21 bits per heavy atom. The zero-order chi connectivity index (χ0) is 13.8. The third-order valence-corrected chi connectivity index (χ3v) is 2.99. The number of furan rings is 1. The fraction of sp³-hybridized carbons (Fsp3) is 0.267. The monoisotopic (exact) mass is 258 g/mol. The topological polar surface area (TPSA) is 68.3 Å². The van der Waals surface area contributed by atoms with Gasteiger partial charge in [-0.05, 0) is 31.5 Å². The fourth-order valence-corrected chi connectivity index (χ4v) is 1.87. The summed E-state index contributed by atoms with van der Waals surface area (Å²) in [6.07, 6.45) is 0. The number of carbonyl (C=O) groups is 1. The summed E-state index contributed by atoms with van der Waals surface area (Å²) in [4.78, 5) is 12.1. The molecule has 1 heterocycles. The maximum absolute atomic E-state index is 12.1. The second kappa shape index (κ2) is 5.71. The van der Waals surface area contributed by atoms with Crippen LogP contribution in [0.4, 0.5) is 0 Å². The Morgan fingerprint density at radius 3 is 2.47 bits per heavy atom. The third-order valence-electron chi connectivity index (χ3n) is 2.99. The van der Waals surface area contributed by atoms with Crippen molar-refractivity contribution < 1.29 is 9.21 Å². The highest BCUT2D eigenvalue weighted by Crippen LogP contribution is 2.17. The standard InChI is InChI=1S/C15H18N2O2/c1-10-8-9-13(19-10)11(2)17-15(18)14(16)12-6-4-3-5-7-12/h3-9,11,14H,16H2,1-2H3,(H,17,18)/t11?,14-/m1/s1. The van der Waals surface area contributed by atoms with E-state index < -0.39 is 6.04 Å². The minimum atomic E-state index is -0.667. The van der Waals surface area contributed by atoms with E-state index in [0.717, 1.165) is 17.1 Å². The molecule has 3 N–H and O–H groups in total. The summed E-state index contributed by atoms with van der Waals surface area (Å²) in [5, 5.41) is 2.85. The molecule has 0 radical (unpaired) electrons. The summed E-state index contributed by atoms with van der Waals surface area (Å²) in [7, 11) is 0. The van der Waals surface area contributed by atoms with Crippen LogP contribution in [0.3, 0.4) is 0 Å². The van der Waals surface area contributed by atoms with Crippen LogP contribution in [0.2, 0.25) is 0 Å². The number of amides is 1. The number of hydrogen-bond acceptors (Lipinski definition) is 3. The molecule has 1 unspecified atom stereocenters. The van der Waals surface area contributed by atoms with E-state index in [1.807, 2.05) is 56.3 Å². The lowest BCUT2D eigenvalue weighted by Gasteiger charge is -2.16. The van der Waals surface area contributed by atoms with Gasteiger partial charge in [-0.25, -0.2) is 0 Å². The van der Waals surface area contributed by atoms with Crippen molar-refractivity contribution in [2.24, 2.45) is 5.73 Å². The molecule has 0 aliphatic rings. The van der Waals surface area contributed by atoms with Crippen molar-refractivity contribution in [3.8, 4) is 0 Å². The van der Waals surface area contributed by atoms with Gasteiger partial charge in [0.2, 0.25) is 5.91 Å². The van der Waals surface area contributed by atoms with Gasteiger partial charge in [-0.15, -0.1) is 0 Å². The predicted octanol–water partition coefficient (Wildman–Crippen LogP) is 2.47. The van der Waals surface area contributed by atoms with Crippen molar-refractivity contribution in [1.29, 1.82) is 0 Å². The van der Waals surface area contributed by atoms with Crippen molar-refractivity contribution in [3.63, 3.8) is 0 Å². The zero-order valence-electron chi connectivity index (χ0n) is 11.1. The van der Waals surface area contributed by atoms with Crippen LogP contribution in [0.1, 0.15) is 36.1 Å². The molecule has 0 saturated carbocycles. The molecule has 4 heteroatoms. The number of hydrogen-bond donors (Lipinski definition) is 2. The van der Waals surface area contributed by atoms with E-state index in [0.29, 0.717) is 0 Å². The number of benzene rings is 1. The lowest BCUT2D eigenvalue weighted by molar-refractivity contribution is -0.123. The van der Waals surface area contributed by atoms with Crippen LogP contribution >= 0.6 is 0 Å². The smallest absolute Gasteiger partial charge is 0.242 e. The number of nitrogens with one attached hydrogen (secondary N) is 1. The Bertz CT molecular complexity index is 548. The van der Waals surface area contributed by atoms with Crippen LogP contribution in [0.15, 0.2) is 46.9 Å². The molecule has 4 nitrogen and oxygen atoms in total. The molecule has 0 aliphatic heterocycles. The summed E-state index contributed by atoms with van der Waals surface area (Å²) in [5.41, 5.74) is 6.72. The summed E-state index contributed by atoms with van der Waals surface area (Å²) in [6.45, 7) is 3.74. The Balaban J connectivity index is 2.01. The first-order valence-corrected chi connectivity index (χ1v) is 6.25. The Kier molecular flexibility index (Phi) is 4.02. The van der Waals surface area contributed by atoms with Gasteiger partial charge < -0.3 is 15.5 Å². The average molecular weight is 258 g/mol. The molecule has 2 aromatic rings. The number of carbonyl (C=O) groups excluding carboxylic acids is 1. The summed E-state index contributed by atoms with van der Waals surface area (Å²) < 4.78 is 5.48. The van der Waals surface area contributed by atoms with Crippen LogP contribution in [-0.2, 0) is 4.79 Å². The van der Waals surface area contributed by atoms with Gasteiger partial charge in [0.1, 0.15) is 17.6 Å². The lowest BCUT2D eigenvalue weighted by atomic mass is 10.1. The summed E-state index contributed by atoms with van der Waals surface area (Å²) >= 11 is 0. The molecule has 0 spiro atoms. The number of nitrogens with two attached hydrogens (primary N) is 1. The van der Waals surface area contributed by atoms with Crippen molar-refractivity contribution in [2.45, 2.75) is 25.9 Å². The molecule has 0 saturated heterocycles. The Hall–Kier alpha value is -2.07. The Morgan fingerprint density at radius 2 is 1.89 bits per heavy atom. The van der Waals surface area contributed by atoms with E-state index >= 15 is 0 Å². The van der Waals surface area contributed by atoms with Crippen LogP contribution in [-0.4, -0.2) is 5.91 Å². The molecule has 0 aliphatic carbocycles. The van der Waals surface area contributed by atoms with Crippen LogP contribution < -0.4 is 11.1 Å². The molecular formula is C15H18N2O2. The maximum atomic E-state index is 12.1. The maximum Gasteiger partial charge on any atom is 0.242 e. The molecular weight excluding hydrogens is 240 g/mol. The van der Waals surface area contributed by atoms with E-state index in [-0.39, 0.29) is 11.9 Å². The normalized spacial score (nSPS) is 13.8. The largest absolute Gasteiger partial charge is 0.464 e. The van der Waals surface area contributed by atoms with Gasteiger partial charge in [-0.1, -0.05) is 30.3 Å². The average Bonchev–Trinajstić information content (AvgIpc) is 2.85. The van der Waals surface area contributed by atoms with Crippen molar-refractivity contribution in [1.82, 2.24) is 5.32 Å². The predicted molar refractivity (Wildman–Crippen MR) is 73.4 cm³/mol. The van der Waals surface area contributed by atoms with Gasteiger partial charge in [0.15, 0.2) is 0 Å². The number of aryl methyl sites for hydroxylation is 1. The molecule has 1 aromatic heterocycles. The van der Waals surface area contributed by atoms with Crippen molar-refractivity contribution in [2.75, 3.05) is 0 Å². The van der Waals surface area contributed by atoms with Crippen molar-refractivity contribution in [3.05, 3.63) is 59.5 Å². The second-order valence-corrected chi connectivity index (χ2v) is 4.57. The molecule has 19 heavy (non-hydrogen) atoms. The summed E-state index contributed by atoms with van der Waals surface area (Å²) in [6, 6.07) is 12.2. The first kappa shape index (κ1) is 13.4. The minimum absolute atomic E-state index is 0.198. The van der Waals surface area contributed by atoms with Gasteiger partial charge in [-0.3, -0.25) is 4.79 Å². The lowest BCUT2D eigenvalue weighted by Crippen LogP contribution is -2.35. The molecule has 0 fully saturated rings. The van der Waals surface area contributed by atoms with Gasteiger partial charge in [0.05, 0.1) is 6.04 Å². The quantitative estimate of drug-likeness (QED) is 0.885. The SMILES string of the molecule is Cc1ccc(C(C)NC(=O)[C@H](N)c2ccccc2)o1. The molecule has 2 rings (SSSR count). The minimum Gasteiger partial charge on any atom is -0.464 e. The summed E-state index contributed by atoms with van der Waals surface area (Å²) in [5.74, 6) is 1.34. The van der Waals surface area contributed by atoms with Crippen LogP contribution in [0.25, 0.3) is 0 Å². The Labute approximate surface area is 112 Å². The van der Waals surface area contributed by atoms with Crippen LogP contribution in [0.5, 0.6) is 0 Å². The van der Waals surface area contributed by atoms with Gasteiger partial charge in [0, 0.05) is 0 Å². The molecule has 0 bridgehead atoms. The van der Waals surface area contributed by atoms with E-state index in [4.69, 9.17) is 10.2 Å². The zero-order valence-corrected chi connectivity index (χ0v) is 11.1. The third kappa shape index (κ3) is 3.23. The van der Waals surface area contributed by atoms with Gasteiger partial charge in [0.25, 0.3) is 0 Å². The van der Waals surface area contributed by atoms with Gasteiger partial charge >= 0.3 is 0 Å². The molecule has 1 amide bonds. The first-order chi connectivity index (χ1) is 9.08. The highest BCUT2D eigenvalue weighted by molar-refractivity contribution is 5.83. The highest BCUT2D eigenvalue weighted by Gasteiger charge is 2.19. The highest BCUT2D eigenvalue weighted by atomic mass is 16.3. The van der Waals surface area contributed by atoms with Crippen molar-refractivity contribution >= 4 is 5.91 Å². The van der Waals surface area contributed by atoms with E-state index in [1.165, 1.54) is 0 Å². The van der Waals surface area contributed by atoms with E-state index in [2.05, 4.69) is 5.32 Å². The van der Waals surface area contributed by atoms with E-state index in [1.54, 1.807) is 0 Å². The molecule has 1 aromatic carbocycles. The molecule has 2 atom stereocenters. The van der Waals surface area contributed by atoms with Gasteiger partial charge in [-0.2, -0.15) is 0 Å².